The third-order valence-corrected chi connectivity index (χ3v) is 6.23. The van der Waals surface area contributed by atoms with Crippen molar-refractivity contribution in [2.24, 2.45) is 0 Å². The summed E-state index contributed by atoms with van der Waals surface area (Å²) in [6, 6.07) is 15.3. The second kappa shape index (κ2) is 6.17. The summed E-state index contributed by atoms with van der Waals surface area (Å²) in [6.07, 6.45) is 3.42. The summed E-state index contributed by atoms with van der Waals surface area (Å²) in [5.41, 5.74) is 4.95. The molecule has 1 aliphatic heterocycles. The van der Waals surface area contributed by atoms with Gasteiger partial charge in [-0.15, -0.1) is 15.3 Å². The fraction of sp³-hybridized carbons (Fsp3) is 0.348. The Morgan fingerprint density at radius 1 is 0.966 bits per heavy atom. The van der Waals surface area contributed by atoms with Crippen LogP contribution in [-0.2, 0) is 13.0 Å². The molecule has 4 aromatic rings. The first-order valence-corrected chi connectivity index (χ1v) is 10.4. The van der Waals surface area contributed by atoms with Gasteiger partial charge in [-0.1, -0.05) is 30.3 Å². The Morgan fingerprint density at radius 3 is 2.59 bits per heavy atom. The average Bonchev–Trinajstić information content (AvgIpc) is 3.51. The monoisotopic (exact) mass is 384 g/mol. The van der Waals surface area contributed by atoms with Crippen LogP contribution in [0.25, 0.3) is 16.4 Å². The highest BCUT2D eigenvalue weighted by Crippen LogP contribution is 2.40. The number of hydrogen-bond donors (Lipinski definition) is 0. The summed E-state index contributed by atoms with van der Waals surface area (Å²) in [7, 11) is 4.19. The molecule has 0 N–H and O–H groups in total. The lowest BCUT2D eigenvalue weighted by Crippen LogP contribution is -2.32. The van der Waals surface area contributed by atoms with Crippen molar-refractivity contribution in [1.29, 1.82) is 0 Å². The van der Waals surface area contributed by atoms with Gasteiger partial charge in [-0.2, -0.15) is 4.52 Å². The Hall–Kier alpha value is -3.15. The van der Waals surface area contributed by atoms with E-state index in [1.54, 1.807) is 0 Å². The molecule has 2 aromatic heterocycles. The molecule has 0 unspecified atom stereocenters. The molecule has 6 heteroatoms. The molecule has 0 atom stereocenters. The predicted octanol–water partition coefficient (Wildman–Crippen LogP) is 3.78. The third-order valence-electron chi connectivity index (χ3n) is 6.23. The molecule has 3 heterocycles. The SMILES string of the molecule is CN(C)c1ccc2c(c1)CN(c1nn3c(C4CC4)nnc3c3ccccc13)CC2. The Kier molecular flexibility index (Phi) is 3.57. The average molecular weight is 384 g/mol. The summed E-state index contributed by atoms with van der Waals surface area (Å²) in [5, 5.41) is 16.3. The van der Waals surface area contributed by atoms with Crippen molar-refractivity contribution in [3.05, 3.63) is 59.4 Å². The number of fused-ring (bicyclic) bond motifs is 4. The van der Waals surface area contributed by atoms with Crippen molar-refractivity contribution in [3.8, 4) is 0 Å². The lowest BCUT2D eigenvalue weighted by atomic mass is 9.98. The highest BCUT2D eigenvalue weighted by molar-refractivity contribution is 6.00. The van der Waals surface area contributed by atoms with Gasteiger partial charge < -0.3 is 9.80 Å². The van der Waals surface area contributed by atoms with Crippen molar-refractivity contribution in [3.63, 3.8) is 0 Å². The Morgan fingerprint density at radius 2 is 1.79 bits per heavy atom. The maximum atomic E-state index is 5.09. The van der Waals surface area contributed by atoms with Gasteiger partial charge in [0.1, 0.15) is 0 Å². The van der Waals surface area contributed by atoms with Crippen LogP contribution in [0.15, 0.2) is 42.5 Å². The zero-order valence-electron chi connectivity index (χ0n) is 16.8. The Balaban J connectivity index is 1.50. The van der Waals surface area contributed by atoms with Crippen molar-refractivity contribution in [2.75, 3.05) is 30.4 Å². The summed E-state index contributed by atoms with van der Waals surface area (Å²) in [6.45, 7) is 1.85. The molecule has 6 nitrogen and oxygen atoms in total. The lowest BCUT2D eigenvalue weighted by molar-refractivity contribution is 0.705. The summed E-state index contributed by atoms with van der Waals surface area (Å²) in [4.78, 5) is 4.58. The van der Waals surface area contributed by atoms with Crippen LogP contribution in [0.4, 0.5) is 11.5 Å². The molecule has 1 fully saturated rings. The van der Waals surface area contributed by atoms with Crippen molar-refractivity contribution in [1.82, 2.24) is 19.8 Å². The number of hydrogen-bond acceptors (Lipinski definition) is 5. The van der Waals surface area contributed by atoms with Gasteiger partial charge in [-0.05, 0) is 42.5 Å². The van der Waals surface area contributed by atoms with E-state index in [9.17, 15) is 0 Å². The molecule has 0 saturated heterocycles. The zero-order chi connectivity index (χ0) is 19.5. The van der Waals surface area contributed by atoms with Crippen LogP contribution < -0.4 is 9.80 Å². The molecular weight excluding hydrogens is 360 g/mol. The van der Waals surface area contributed by atoms with Crippen molar-refractivity contribution >= 4 is 27.9 Å². The first-order valence-electron chi connectivity index (χ1n) is 10.4. The van der Waals surface area contributed by atoms with E-state index in [0.717, 1.165) is 47.6 Å². The summed E-state index contributed by atoms with van der Waals surface area (Å²) in [5.74, 6) is 2.56. The smallest absolute Gasteiger partial charge is 0.185 e. The molecule has 29 heavy (non-hydrogen) atoms. The molecule has 0 bridgehead atoms. The normalized spacial score (nSPS) is 16.4. The van der Waals surface area contributed by atoms with Gasteiger partial charge in [0, 0.05) is 49.6 Å². The topological polar surface area (TPSA) is 49.6 Å². The maximum absolute atomic E-state index is 5.09. The second-order valence-electron chi connectivity index (χ2n) is 8.46. The van der Waals surface area contributed by atoms with E-state index in [-0.39, 0.29) is 0 Å². The van der Waals surface area contributed by atoms with E-state index in [0.29, 0.717) is 5.92 Å². The van der Waals surface area contributed by atoms with Crippen molar-refractivity contribution < 1.29 is 0 Å². The summed E-state index contributed by atoms with van der Waals surface area (Å²) >= 11 is 0. The molecule has 0 spiro atoms. The second-order valence-corrected chi connectivity index (χ2v) is 8.46. The van der Waals surface area contributed by atoms with Crippen LogP contribution >= 0.6 is 0 Å². The molecule has 146 valence electrons. The van der Waals surface area contributed by atoms with Crippen LogP contribution in [-0.4, -0.2) is 40.5 Å². The fourth-order valence-electron chi connectivity index (χ4n) is 4.41. The molecule has 1 aliphatic carbocycles. The molecule has 2 aromatic carbocycles. The molecule has 6 rings (SSSR count). The van der Waals surface area contributed by atoms with Crippen LogP contribution in [0.1, 0.15) is 35.7 Å². The first kappa shape index (κ1) is 16.8. The lowest BCUT2D eigenvalue weighted by Gasteiger charge is -2.31. The van der Waals surface area contributed by atoms with E-state index >= 15 is 0 Å². The van der Waals surface area contributed by atoms with Gasteiger partial charge in [-0.3, -0.25) is 0 Å². The fourth-order valence-corrected chi connectivity index (χ4v) is 4.41. The standard InChI is InChI=1S/C23H24N6/c1-27(2)18-10-9-15-11-12-28(14-17(15)13-18)23-20-6-4-3-5-19(20)22-25-24-21(16-7-8-16)29(22)26-23/h3-6,9-10,13,16H,7-8,11-12,14H2,1-2H3. The number of anilines is 2. The number of nitrogens with zero attached hydrogens (tertiary/aromatic N) is 6. The number of rotatable bonds is 3. The van der Waals surface area contributed by atoms with Crippen LogP contribution in [0.5, 0.6) is 0 Å². The summed E-state index contributed by atoms with van der Waals surface area (Å²) < 4.78 is 2.00. The molecule has 0 amide bonds. The zero-order valence-corrected chi connectivity index (χ0v) is 16.8. The van der Waals surface area contributed by atoms with E-state index in [2.05, 4.69) is 76.6 Å². The van der Waals surface area contributed by atoms with Gasteiger partial charge in [-0.25, -0.2) is 0 Å². The number of aromatic nitrogens is 4. The van der Waals surface area contributed by atoms with E-state index in [1.807, 2.05) is 4.52 Å². The first-order chi connectivity index (χ1) is 14.2. The van der Waals surface area contributed by atoms with E-state index in [4.69, 9.17) is 5.10 Å². The quantitative estimate of drug-likeness (QED) is 0.538. The molecular formula is C23H24N6. The highest BCUT2D eigenvalue weighted by atomic mass is 15.4. The van der Waals surface area contributed by atoms with Gasteiger partial charge in [0.25, 0.3) is 0 Å². The van der Waals surface area contributed by atoms with E-state index < -0.39 is 0 Å². The maximum Gasteiger partial charge on any atom is 0.185 e. The number of benzene rings is 2. The molecule has 1 saturated carbocycles. The largest absolute Gasteiger partial charge is 0.378 e. The van der Waals surface area contributed by atoms with Gasteiger partial charge in [0.05, 0.1) is 0 Å². The van der Waals surface area contributed by atoms with Gasteiger partial charge in [0.15, 0.2) is 17.3 Å². The molecule has 2 aliphatic rings. The minimum atomic E-state index is 0.510. The highest BCUT2D eigenvalue weighted by Gasteiger charge is 2.30. The minimum Gasteiger partial charge on any atom is -0.378 e. The Labute approximate surface area is 169 Å². The van der Waals surface area contributed by atoms with Crippen molar-refractivity contribution in [2.45, 2.75) is 31.7 Å². The van der Waals surface area contributed by atoms with E-state index in [1.165, 1.54) is 29.7 Å². The van der Waals surface area contributed by atoms with Gasteiger partial charge >= 0.3 is 0 Å². The predicted molar refractivity (Wildman–Crippen MR) is 116 cm³/mol. The van der Waals surface area contributed by atoms with Crippen LogP contribution in [0.2, 0.25) is 0 Å². The van der Waals surface area contributed by atoms with Crippen LogP contribution in [0.3, 0.4) is 0 Å². The molecule has 0 radical (unpaired) electrons. The van der Waals surface area contributed by atoms with Gasteiger partial charge in [0.2, 0.25) is 0 Å². The van der Waals surface area contributed by atoms with Crippen LogP contribution in [0, 0.1) is 0 Å². The third kappa shape index (κ3) is 2.66. The Bertz CT molecular complexity index is 1240. The minimum absolute atomic E-state index is 0.510.